The van der Waals surface area contributed by atoms with Crippen molar-refractivity contribution in [3.8, 4) is 0 Å². The van der Waals surface area contributed by atoms with Crippen LogP contribution in [0.1, 0.15) is 30.4 Å². The van der Waals surface area contributed by atoms with E-state index in [9.17, 15) is 17.6 Å². The molecule has 0 aliphatic carbocycles. The second kappa shape index (κ2) is 5.49. The quantitative estimate of drug-likeness (QED) is 0.811. The van der Waals surface area contributed by atoms with Gasteiger partial charge in [-0.1, -0.05) is 6.07 Å². The van der Waals surface area contributed by atoms with Crippen LogP contribution in [0.15, 0.2) is 18.2 Å². The van der Waals surface area contributed by atoms with Gasteiger partial charge in [0.2, 0.25) is 0 Å². The molecular formula is C14H17F4N. The lowest BCUT2D eigenvalue weighted by Gasteiger charge is -2.32. The molecule has 19 heavy (non-hydrogen) atoms. The number of alkyl halides is 3. The van der Waals surface area contributed by atoms with Crippen LogP contribution in [0.25, 0.3) is 0 Å². The van der Waals surface area contributed by atoms with Crippen LogP contribution in [-0.4, -0.2) is 18.3 Å². The van der Waals surface area contributed by atoms with Crippen molar-refractivity contribution in [1.82, 2.24) is 5.32 Å². The highest BCUT2D eigenvalue weighted by Crippen LogP contribution is 2.29. The van der Waals surface area contributed by atoms with E-state index in [2.05, 4.69) is 5.32 Å². The molecule has 0 saturated carbocycles. The van der Waals surface area contributed by atoms with Crippen molar-refractivity contribution < 1.29 is 17.6 Å². The van der Waals surface area contributed by atoms with E-state index in [0.29, 0.717) is 12.8 Å². The molecule has 2 unspecified atom stereocenters. The number of hydrogen-bond acceptors (Lipinski definition) is 1. The van der Waals surface area contributed by atoms with Gasteiger partial charge in [0.25, 0.3) is 0 Å². The van der Waals surface area contributed by atoms with Crippen molar-refractivity contribution in [2.24, 2.45) is 0 Å². The zero-order valence-electron chi connectivity index (χ0n) is 10.7. The molecule has 1 fully saturated rings. The summed E-state index contributed by atoms with van der Waals surface area (Å²) >= 11 is 0. The van der Waals surface area contributed by atoms with Crippen LogP contribution in [0.4, 0.5) is 17.6 Å². The topological polar surface area (TPSA) is 12.0 Å². The molecule has 5 heteroatoms. The van der Waals surface area contributed by atoms with E-state index >= 15 is 0 Å². The van der Waals surface area contributed by atoms with Gasteiger partial charge >= 0.3 is 6.18 Å². The van der Waals surface area contributed by atoms with Crippen LogP contribution in [0.3, 0.4) is 0 Å². The van der Waals surface area contributed by atoms with Crippen LogP contribution in [-0.2, 0) is 6.42 Å². The third kappa shape index (κ3) is 3.69. The number of rotatable bonds is 2. The molecule has 1 N–H and O–H groups in total. The molecule has 1 nitrogen and oxygen atoms in total. The Bertz CT molecular complexity index is 442. The molecule has 0 spiro atoms. The summed E-state index contributed by atoms with van der Waals surface area (Å²) < 4.78 is 51.0. The minimum Gasteiger partial charge on any atom is -0.303 e. The van der Waals surface area contributed by atoms with Gasteiger partial charge in [-0.25, -0.2) is 4.39 Å². The third-order valence-corrected chi connectivity index (χ3v) is 3.65. The highest BCUT2D eigenvalue weighted by atomic mass is 19.4. The summed E-state index contributed by atoms with van der Waals surface area (Å²) in [4.78, 5) is 0. The molecular weight excluding hydrogens is 258 g/mol. The second-order valence-corrected chi connectivity index (χ2v) is 5.16. The molecule has 1 aromatic carbocycles. The molecule has 1 aromatic rings. The van der Waals surface area contributed by atoms with Crippen LogP contribution >= 0.6 is 0 Å². The molecule has 1 aliphatic rings. The van der Waals surface area contributed by atoms with Crippen molar-refractivity contribution >= 4 is 0 Å². The van der Waals surface area contributed by atoms with Gasteiger partial charge in [0.1, 0.15) is 11.9 Å². The summed E-state index contributed by atoms with van der Waals surface area (Å²) in [6.45, 7) is 1.78. The Hall–Kier alpha value is -1.10. The number of hydrogen-bond donors (Lipinski definition) is 1. The SMILES string of the molecule is Cc1cc(F)ccc1CC1CCCC(C(F)(F)F)N1. The summed E-state index contributed by atoms with van der Waals surface area (Å²) in [6, 6.07) is 2.83. The summed E-state index contributed by atoms with van der Waals surface area (Å²) in [5, 5.41) is 2.66. The molecule has 0 amide bonds. The molecule has 2 rings (SSSR count). The fourth-order valence-corrected chi connectivity index (χ4v) is 2.59. The molecule has 1 aliphatic heterocycles. The molecule has 106 valence electrons. The first kappa shape index (κ1) is 14.3. The van der Waals surface area contributed by atoms with Gasteiger partial charge in [-0.2, -0.15) is 13.2 Å². The highest BCUT2D eigenvalue weighted by molar-refractivity contribution is 5.27. The lowest BCUT2D eigenvalue weighted by molar-refractivity contribution is -0.163. The summed E-state index contributed by atoms with van der Waals surface area (Å²) in [7, 11) is 0. The van der Waals surface area contributed by atoms with Crippen LogP contribution < -0.4 is 5.32 Å². The lowest BCUT2D eigenvalue weighted by atomic mass is 9.92. The summed E-state index contributed by atoms with van der Waals surface area (Å²) in [6.07, 6.45) is -2.23. The first-order valence-electron chi connectivity index (χ1n) is 6.44. The largest absolute Gasteiger partial charge is 0.403 e. The van der Waals surface area contributed by atoms with Gasteiger partial charge in [0.15, 0.2) is 0 Å². The number of nitrogens with one attached hydrogen (secondary N) is 1. The average Bonchev–Trinajstić information content (AvgIpc) is 2.32. The summed E-state index contributed by atoms with van der Waals surface area (Å²) in [5.41, 5.74) is 1.69. The normalized spacial score (nSPS) is 24.5. The monoisotopic (exact) mass is 275 g/mol. The van der Waals surface area contributed by atoms with Crippen LogP contribution in [0, 0.1) is 12.7 Å². The second-order valence-electron chi connectivity index (χ2n) is 5.16. The van der Waals surface area contributed by atoms with E-state index in [1.165, 1.54) is 12.1 Å². The Labute approximate surface area is 110 Å². The van der Waals surface area contributed by atoms with Gasteiger partial charge in [-0.05, 0) is 55.9 Å². The van der Waals surface area contributed by atoms with Gasteiger partial charge < -0.3 is 5.32 Å². The first-order valence-corrected chi connectivity index (χ1v) is 6.44. The van der Waals surface area contributed by atoms with Gasteiger partial charge in [0, 0.05) is 6.04 Å². The predicted molar refractivity (Wildman–Crippen MR) is 65.5 cm³/mol. The Balaban J connectivity index is 2.03. The maximum atomic E-state index is 13.0. The molecule has 0 radical (unpaired) electrons. The van der Waals surface area contributed by atoms with Crippen molar-refractivity contribution in [3.05, 3.63) is 35.1 Å². The maximum Gasteiger partial charge on any atom is 0.403 e. The van der Waals surface area contributed by atoms with Crippen molar-refractivity contribution in [1.29, 1.82) is 0 Å². The van der Waals surface area contributed by atoms with Crippen molar-refractivity contribution in [3.63, 3.8) is 0 Å². The first-order chi connectivity index (χ1) is 8.86. The Morgan fingerprint density at radius 3 is 2.63 bits per heavy atom. The Morgan fingerprint density at radius 2 is 2.00 bits per heavy atom. The van der Waals surface area contributed by atoms with Gasteiger partial charge in [-0.3, -0.25) is 0 Å². The van der Waals surface area contributed by atoms with Gasteiger partial charge in [0.05, 0.1) is 0 Å². The zero-order valence-corrected chi connectivity index (χ0v) is 10.7. The standard InChI is InChI=1S/C14H17F4N/c1-9-7-11(15)6-5-10(9)8-12-3-2-4-13(19-12)14(16,17)18/h5-7,12-13,19H,2-4,8H2,1H3. The third-order valence-electron chi connectivity index (χ3n) is 3.65. The van der Waals surface area contributed by atoms with Gasteiger partial charge in [-0.15, -0.1) is 0 Å². The minimum absolute atomic E-state index is 0.141. The number of aryl methyl sites for hydroxylation is 1. The van der Waals surface area contributed by atoms with Crippen molar-refractivity contribution in [2.45, 2.75) is 50.9 Å². The molecule has 2 atom stereocenters. The Kier molecular flexibility index (Phi) is 4.13. The van der Waals surface area contributed by atoms with E-state index in [0.717, 1.165) is 17.5 Å². The number of halogens is 4. The van der Waals surface area contributed by atoms with Crippen LogP contribution in [0.2, 0.25) is 0 Å². The fourth-order valence-electron chi connectivity index (χ4n) is 2.59. The number of piperidine rings is 1. The van der Waals surface area contributed by atoms with E-state index in [1.54, 1.807) is 13.0 Å². The summed E-state index contributed by atoms with van der Waals surface area (Å²) in [5.74, 6) is -0.314. The molecule has 1 heterocycles. The van der Waals surface area contributed by atoms with E-state index < -0.39 is 12.2 Å². The minimum atomic E-state index is -4.18. The number of benzene rings is 1. The highest BCUT2D eigenvalue weighted by Gasteiger charge is 2.41. The predicted octanol–water partition coefficient (Wildman–Crippen LogP) is 3.75. The average molecular weight is 275 g/mol. The Morgan fingerprint density at radius 1 is 1.26 bits per heavy atom. The lowest BCUT2D eigenvalue weighted by Crippen LogP contribution is -2.51. The molecule has 0 aromatic heterocycles. The maximum absolute atomic E-state index is 13.0. The fraction of sp³-hybridized carbons (Fsp3) is 0.571. The van der Waals surface area contributed by atoms with Crippen LogP contribution in [0.5, 0.6) is 0 Å². The molecule has 0 bridgehead atoms. The van der Waals surface area contributed by atoms with Crippen molar-refractivity contribution in [2.75, 3.05) is 0 Å². The smallest absolute Gasteiger partial charge is 0.303 e. The molecule has 1 saturated heterocycles. The van der Waals surface area contributed by atoms with E-state index in [1.807, 2.05) is 0 Å². The zero-order chi connectivity index (χ0) is 14.0. The van der Waals surface area contributed by atoms with E-state index in [-0.39, 0.29) is 18.3 Å². The van der Waals surface area contributed by atoms with E-state index in [4.69, 9.17) is 0 Å².